The van der Waals surface area contributed by atoms with Crippen molar-refractivity contribution in [2.24, 2.45) is 5.14 Å². The van der Waals surface area contributed by atoms with Gasteiger partial charge in [0.05, 0.1) is 14.2 Å². The fourth-order valence-electron chi connectivity index (χ4n) is 3.08. The van der Waals surface area contributed by atoms with Gasteiger partial charge in [-0.05, 0) is 49.1 Å². The van der Waals surface area contributed by atoms with E-state index in [1.54, 1.807) is 12.1 Å². The minimum atomic E-state index is -3.86. The molecule has 0 saturated carbocycles. The highest BCUT2D eigenvalue weighted by Crippen LogP contribution is 2.27. The number of methoxy groups -OCH3 is 2. The van der Waals surface area contributed by atoms with Crippen molar-refractivity contribution in [1.29, 1.82) is 0 Å². The molecule has 0 saturated heterocycles. The highest BCUT2D eigenvalue weighted by Gasteiger charge is 2.16. The van der Waals surface area contributed by atoms with E-state index in [1.807, 2.05) is 6.07 Å². The normalized spacial score (nSPS) is 12.4. The number of ether oxygens (including phenoxy) is 3. The van der Waals surface area contributed by atoms with Crippen molar-refractivity contribution in [3.05, 3.63) is 47.8 Å². The first-order chi connectivity index (χ1) is 14.3. The minimum absolute atomic E-state index is 0.0130. The van der Waals surface area contributed by atoms with Gasteiger partial charge in [-0.25, -0.2) is 17.9 Å². The van der Waals surface area contributed by atoms with Gasteiger partial charge in [-0.1, -0.05) is 13.0 Å². The molecule has 9 heteroatoms. The van der Waals surface area contributed by atoms with Crippen molar-refractivity contribution in [3.63, 3.8) is 0 Å². The summed E-state index contributed by atoms with van der Waals surface area (Å²) in [5, 5.41) is 8.68. The lowest BCUT2D eigenvalue weighted by molar-refractivity contribution is 0.282. The van der Waals surface area contributed by atoms with Crippen LogP contribution in [0.5, 0.6) is 17.2 Å². The molecule has 0 bridgehead atoms. The van der Waals surface area contributed by atoms with Crippen LogP contribution in [0, 0.1) is 5.82 Å². The molecule has 1 atom stereocenters. The third-order valence-corrected chi connectivity index (χ3v) is 5.66. The summed E-state index contributed by atoms with van der Waals surface area (Å²) in [6.45, 7) is 3.00. The monoisotopic (exact) mass is 440 g/mol. The number of rotatable bonds is 12. The Labute approximate surface area is 177 Å². The van der Waals surface area contributed by atoms with Crippen molar-refractivity contribution < 1.29 is 27.0 Å². The summed E-state index contributed by atoms with van der Waals surface area (Å²) in [4.78, 5) is -0.0130. The van der Waals surface area contributed by atoms with Gasteiger partial charge in [0.1, 0.15) is 23.1 Å². The maximum Gasteiger partial charge on any atom is 0.241 e. The number of hydrogen-bond donors (Lipinski definition) is 2. The van der Waals surface area contributed by atoms with Crippen molar-refractivity contribution >= 4 is 10.0 Å². The van der Waals surface area contributed by atoms with Crippen LogP contribution in [0.3, 0.4) is 0 Å². The van der Waals surface area contributed by atoms with Crippen LogP contribution in [-0.2, 0) is 16.4 Å². The molecule has 166 valence electrons. The van der Waals surface area contributed by atoms with Gasteiger partial charge in [-0.15, -0.1) is 0 Å². The molecule has 0 aliphatic heterocycles. The number of halogens is 1. The van der Waals surface area contributed by atoms with Gasteiger partial charge >= 0.3 is 0 Å². The van der Waals surface area contributed by atoms with Crippen LogP contribution < -0.4 is 24.7 Å². The number of nitrogens with two attached hydrogens (primary N) is 1. The van der Waals surface area contributed by atoms with Gasteiger partial charge in [-0.3, -0.25) is 0 Å². The Morgan fingerprint density at radius 2 is 1.77 bits per heavy atom. The molecule has 0 heterocycles. The summed E-state index contributed by atoms with van der Waals surface area (Å²) in [6, 6.07) is 9.35. The molecule has 0 fully saturated rings. The maximum absolute atomic E-state index is 13.4. The lowest BCUT2D eigenvalue weighted by Gasteiger charge is -2.18. The van der Waals surface area contributed by atoms with Gasteiger partial charge in [-0.2, -0.15) is 0 Å². The summed E-state index contributed by atoms with van der Waals surface area (Å²) in [5.74, 6) is 0.689. The summed E-state index contributed by atoms with van der Waals surface area (Å²) < 4.78 is 52.8. The third kappa shape index (κ3) is 6.86. The highest BCUT2D eigenvalue weighted by atomic mass is 32.2. The molecule has 0 amide bonds. The van der Waals surface area contributed by atoms with Crippen molar-refractivity contribution in [2.45, 2.75) is 37.1 Å². The van der Waals surface area contributed by atoms with E-state index in [9.17, 15) is 12.8 Å². The van der Waals surface area contributed by atoms with Gasteiger partial charge in [0.2, 0.25) is 10.0 Å². The van der Waals surface area contributed by atoms with E-state index in [-0.39, 0.29) is 22.5 Å². The second-order valence-electron chi connectivity index (χ2n) is 6.77. The summed E-state index contributed by atoms with van der Waals surface area (Å²) in [6.07, 6.45) is 2.37. The highest BCUT2D eigenvalue weighted by molar-refractivity contribution is 7.89. The van der Waals surface area contributed by atoms with Crippen LogP contribution in [0.4, 0.5) is 4.39 Å². The molecule has 0 aliphatic carbocycles. The smallest absolute Gasteiger partial charge is 0.241 e. The predicted octanol–water partition coefficient (Wildman–Crippen LogP) is 2.87. The fraction of sp³-hybridized carbons (Fsp3) is 0.429. The second-order valence-corrected chi connectivity index (χ2v) is 8.30. The molecule has 30 heavy (non-hydrogen) atoms. The first-order valence-corrected chi connectivity index (χ1v) is 11.2. The molecule has 7 nitrogen and oxygen atoms in total. The lowest BCUT2D eigenvalue weighted by Crippen LogP contribution is -2.32. The van der Waals surface area contributed by atoms with Gasteiger partial charge in [0.25, 0.3) is 0 Å². The number of benzene rings is 2. The van der Waals surface area contributed by atoms with Gasteiger partial charge in [0, 0.05) is 18.7 Å². The van der Waals surface area contributed by atoms with Crippen LogP contribution in [0.1, 0.15) is 25.3 Å². The van der Waals surface area contributed by atoms with Crippen molar-refractivity contribution in [1.82, 2.24) is 5.32 Å². The van der Waals surface area contributed by atoms with E-state index < -0.39 is 10.0 Å². The number of hydrogen-bond acceptors (Lipinski definition) is 6. The zero-order valence-electron chi connectivity index (χ0n) is 17.5. The Kier molecular flexibility index (Phi) is 8.88. The molecular weight excluding hydrogens is 411 g/mol. The molecule has 1 unspecified atom stereocenters. The van der Waals surface area contributed by atoms with E-state index in [2.05, 4.69) is 12.2 Å². The Morgan fingerprint density at radius 1 is 1.07 bits per heavy atom. The third-order valence-electron chi connectivity index (χ3n) is 4.73. The fourth-order valence-corrected chi connectivity index (χ4v) is 3.83. The average molecular weight is 441 g/mol. The SMILES string of the molecule is CCC(CCc1ccc(OC)c(S(N)(=O)=O)c1)NCCOc1cc(F)ccc1OC. The first kappa shape index (κ1) is 23.9. The maximum atomic E-state index is 13.4. The first-order valence-electron chi connectivity index (χ1n) is 9.68. The molecule has 2 aromatic rings. The number of primary sulfonamides is 1. The molecule has 0 aliphatic rings. The minimum Gasteiger partial charge on any atom is -0.495 e. The lowest BCUT2D eigenvalue weighted by atomic mass is 10.0. The Balaban J connectivity index is 1.87. The van der Waals surface area contributed by atoms with Gasteiger partial charge < -0.3 is 19.5 Å². The molecule has 2 aromatic carbocycles. The van der Waals surface area contributed by atoms with Crippen molar-refractivity contribution in [3.8, 4) is 17.2 Å². The van der Waals surface area contributed by atoms with E-state index >= 15 is 0 Å². The second kappa shape index (κ2) is 11.1. The largest absolute Gasteiger partial charge is 0.495 e. The van der Waals surface area contributed by atoms with Crippen LogP contribution in [0.25, 0.3) is 0 Å². The van der Waals surface area contributed by atoms with Crippen LogP contribution in [0.15, 0.2) is 41.3 Å². The van der Waals surface area contributed by atoms with E-state index in [4.69, 9.17) is 19.3 Å². The predicted molar refractivity (Wildman–Crippen MR) is 113 cm³/mol. The zero-order valence-corrected chi connectivity index (χ0v) is 18.3. The standard InChI is InChI=1S/C21H29FN2O5S/c1-4-17(24-11-12-29-20-14-16(22)7-10-18(20)27-2)8-5-15-6-9-19(28-3)21(13-15)30(23,25)26/h6-7,9-10,13-14,17,24H,4-5,8,11-12H2,1-3H3,(H2,23,25,26). The topological polar surface area (TPSA) is 99.9 Å². The Morgan fingerprint density at radius 3 is 2.40 bits per heavy atom. The molecule has 2 rings (SSSR count). The number of aryl methyl sites for hydroxylation is 1. The molecule has 0 spiro atoms. The van der Waals surface area contributed by atoms with Crippen LogP contribution in [-0.4, -0.2) is 41.8 Å². The van der Waals surface area contributed by atoms with Crippen LogP contribution in [0.2, 0.25) is 0 Å². The van der Waals surface area contributed by atoms with E-state index in [0.717, 1.165) is 18.4 Å². The van der Waals surface area contributed by atoms with Crippen LogP contribution >= 0.6 is 0 Å². The summed E-state index contributed by atoms with van der Waals surface area (Å²) in [5.41, 5.74) is 0.862. The average Bonchev–Trinajstić information content (AvgIpc) is 2.72. The molecule has 3 N–H and O–H groups in total. The van der Waals surface area contributed by atoms with Crippen molar-refractivity contribution in [2.75, 3.05) is 27.4 Å². The number of sulfonamides is 1. The van der Waals surface area contributed by atoms with Gasteiger partial charge in [0.15, 0.2) is 11.5 Å². The number of nitrogens with one attached hydrogen (secondary N) is 1. The Hall–Kier alpha value is -2.36. The zero-order chi connectivity index (χ0) is 22.1. The quantitative estimate of drug-likeness (QED) is 0.493. The molecule has 0 radical (unpaired) electrons. The van der Waals surface area contributed by atoms with E-state index in [1.165, 1.54) is 32.4 Å². The Bertz CT molecular complexity index is 937. The summed E-state index contributed by atoms with van der Waals surface area (Å²) in [7, 11) is -0.948. The molecular formula is C21H29FN2O5S. The van der Waals surface area contributed by atoms with E-state index in [0.29, 0.717) is 31.1 Å². The summed E-state index contributed by atoms with van der Waals surface area (Å²) >= 11 is 0. The molecule has 0 aromatic heterocycles.